The van der Waals surface area contributed by atoms with Crippen LogP contribution in [0.2, 0.25) is 0 Å². The van der Waals surface area contributed by atoms with E-state index in [0.29, 0.717) is 17.3 Å². The predicted octanol–water partition coefficient (Wildman–Crippen LogP) is 3.01. The van der Waals surface area contributed by atoms with Gasteiger partial charge in [0.2, 0.25) is 0 Å². The highest BCUT2D eigenvalue weighted by Crippen LogP contribution is 2.24. The summed E-state index contributed by atoms with van der Waals surface area (Å²) in [5, 5.41) is 11.3. The van der Waals surface area contributed by atoms with E-state index in [1.54, 1.807) is 25.0 Å². The van der Waals surface area contributed by atoms with Gasteiger partial charge in [-0.15, -0.1) is 5.10 Å². The summed E-state index contributed by atoms with van der Waals surface area (Å²) < 4.78 is 14.1. The molecule has 8 heteroatoms. The van der Waals surface area contributed by atoms with E-state index in [9.17, 15) is 4.79 Å². The average Bonchev–Trinajstić information content (AvgIpc) is 3.47. The molecule has 0 radical (unpaired) electrons. The van der Waals surface area contributed by atoms with Gasteiger partial charge in [-0.05, 0) is 36.4 Å². The molecule has 1 amide bonds. The molecule has 0 bridgehead atoms. The molecule has 0 saturated carbocycles. The molecular formula is C22H21N5O3. The molecule has 2 aromatic heterocycles. The second-order valence-electron chi connectivity index (χ2n) is 6.46. The summed E-state index contributed by atoms with van der Waals surface area (Å²) >= 11 is 0. The van der Waals surface area contributed by atoms with Crippen molar-refractivity contribution in [3.63, 3.8) is 0 Å². The number of rotatable bonds is 7. The summed E-state index contributed by atoms with van der Waals surface area (Å²) in [6.07, 6.45) is 3.70. The molecule has 0 aliphatic rings. The normalized spacial score (nSPS) is 10.6. The Labute approximate surface area is 173 Å². The third-order valence-electron chi connectivity index (χ3n) is 4.65. The number of para-hydroxylation sites is 1. The molecule has 4 aromatic rings. The van der Waals surface area contributed by atoms with Gasteiger partial charge in [0.25, 0.3) is 5.91 Å². The van der Waals surface area contributed by atoms with Crippen LogP contribution in [0.5, 0.6) is 11.5 Å². The zero-order chi connectivity index (χ0) is 20.9. The van der Waals surface area contributed by atoms with Crippen molar-refractivity contribution in [3.8, 4) is 23.0 Å². The van der Waals surface area contributed by atoms with Crippen LogP contribution in [-0.4, -0.2) is 39.7 Å². The van der Waals surface area contributed by atoms with Crippen molar-refractivity contribution in [1.29, 1.82) is 0 Å². The molecule has 0 unspecified atom stereocenters. The predicted molar refractivity (Wildman–Crippen MR) is 111 cm³/mol. The summed E-state index contributed by atoms with van der Waals surface area (Å²) in [5.41, 5.74) is 1.86. The lowest BCUT2D eigenvalue weighted by Crippen LogP contribution is -2.25. The molecule has 0 spiro atoms. The molecule has 0 aliphatic heterocycles. The number of ether oxygens (including phenoxy) is 2. The fraction of sp³-hybridized carbons (Fsp3) is 0.136. The van der Waals surface area contributed by atoms with Crippen LogP contribution in [0.15, 0.2) is 73.1 Å². The van der Waals surface area contributed by atoms with Crippen molar-refractivity contribution >= 4 is 5.91 Å². The Morgan fingerprint density at radius 2 is 1.77 bits per heavy atom. The number of carbonyl (C=O) groups is 1. The maximum atomic E-state index is 13.0. The van der Waals surface area contributed by atoms with Gasteiger partial charge < -0.3 is 19.4 Å². The van der Waals surface area contributed by atoms with E-state index in [1.165, 1.54) is 0 Å². The van der Waals surface area contributed by atoms with E-state index >= 15 is 0 Å². The summed E-state index contributed by atoms with van der Waals surface area (Å²) in [7, 11) is 3.17. The fourth-order valence-corrected chi connectivity index (χ4v) is 3.13. The van der Waals surface area contributed by atoms with E-state index in [1.807, 2.05) is 71.6 Å². The molecule has 0 atom stereocenters. The van der Waals surface area contributed by atoms with Crippen molar-refractivity contribution < 1.29 is 14.3 Å². The summed E-state index contributed by atoms with van der Waals surface area (Å²) in [5.74, 6) is 1.54. The van der Waals surface area contributed by atoms with Gasteiger partial charge in [0.15, 0.2) is 11.5 Å². The van der Waals surface area contributed by atoms with Crippen molar-refractivity contribution in [2.24, 2.45) is 0 Å². The molecular weight excluding hydrogens is 382 g/mol. The fourth-order valence-electron chi connectivity index (χ4n) is 3.13. The van der Waals surface area contributed by atoms with Crippen LogP contribution in [0.3, 0.4) is 0 Å². The van der Waals surface area contributed by atoms with E-state index in [-0.39, 0.29) is 18.1 Å². The van der Waals surface area contributed by atoms with Gasteiger partial charge in [0, 0.05) is 30.6 Å². The molecule has 8 nitrogen and oxygen atoms in total. The van der Waals surface area contributed by atoms with Gasteiger partial charge in [0.1, 0.15) is 11.5 Å². The molecule has 2 aromatic carbocycles. The number of nitrogens with one attached hydrogen (secondary N) is 1. The van der Waals surface area contributed by atoms with Crippen molar-refractivity contribution in [3.05, 3.63) is 84.3 Å². The summed E-state index contributed by atoms with van der Waals surface area (Å²) in [6, 6.07) is 18.8. The number of hydrogen-bond acceptors (Lipinski definition) is 5. The Balaban J connectivity index is 1.63. The van der Waals surface area contributed by atoms with Crippen LogP contribution in [0.4, 0.5) is 0 Å². The van der Waals surface area contributed by atoms with Crippen molar-refractivity contribution in [2.75, 3.05) is 14.2 Å². The van der Waals surface area contributed by atoms with Crippen LogP contribution >= 0.6 is 0 Å². The molecule has 2 heterocycles. The first-order valence-corrected chi connectivity index (χ1v) is 9.35. The minimum Gasteiger partial charge on any atom is -0.497 e. The maximum absolute atomic E-state index is 13.0. The lowest BCUT2D eigenvalue weighted by atomic mass is 10.2. The summed E-state index contributed by atoms with van der Waals surface area (Å²) in [4.78, 5) is 13.0. The number of benzene rings is 2. The first-order valence-electron chi connectivity index (χ1n) is 9.35. The number of aromatic nitrogens is 4. The molecule has 152 valence electrons. The zero-order valence-electron chi connectivity index (χ0n) is 16.6. The van der Waals surface area contributed by atoms with E-state index in [0.717, 1.165) is 11.3 Å². The molecule has 0 saturated heterocycles. The van der Waals surface area contributed by atoms with E-state index in [2.05, 4.69) is 15.6 Å². The van der Waals surface area contributed by atoms with E-state index in [4.69, 9.17) is 9.47 Å². The van der Waals surface area contributed by atoms with Crippen molar-refractivity contribution in [2.45, 2.75) is 6.54 Å². The largest absolute Gasteiger partial charge is 0.497 e. The Hall–Kier alpha value is -4.07. The first kappa shape index (κ1) is 19.3. The highest BCUT2D eigenvalue weighted by atomic mass is 16.5. The molecule has 4 rings (SSSR count). The lowest BCUT2D eigenvalue weighted by molar-refractivity contribution is 0.0945. The smallest absolute Gasteiger partial charge is 0.276 e. The van der Waals surface area contributed by atoms with Gasteiger partial charge in [-0.1, -0.05) is 23.4 Å². The van der Waals surface area contributed by atoms with Gasteiger partial charge >= 0.3 is 0 Å². The Morgan fingerprint density at radius 3 is 2.47 bits per heavy atom. The van der Waals surface area contributed by atoms with Crippen LogP contribution < -0.4 is 14.8 Å². The van der Waals surface area contributed by atoms with E-state index < -0.39 is 0 Å². The quantitative estimate of drug-likeness (QED) is 0.513. The SMILES string of the molecule is COc1ccc(CNC(=O)c2nnn(-c3ccccc3)c2-n2cccc2)c(OC)c1. The number of nitrogens with zero attached hydrogens (tertiary/aromatic N) is 4. The van der Waals surface area contributed by atoms with Gasteiger partial charge in [0.05, 0.1) is 19.9 Å². The maximum Gasteiger partial charge on any atom is 0.276 e. The number of carbonyl (C=O) groups excluding carboxylic acids is 1. The van der Waals surface area contributed by atoms with Crippen LogP contribution in [-0.2, 0) is 6.54 Å². The minimum atomic E-state index is -0.334. The average molecular weight is 403 g/mol. The number of methoxy groups -OCH3 is 2. The molecule has 30 heavy (non-hydrogen) atoms. The zero-order valence-corrected chi connectivity index (χ0v) is 16.6. The highest BCUT2D eigenvalue weighted by Gasteiger charge is 2.22. The highest BCUT2D eigenvalue weighted by molar-refractivity contribution is 5.95. The van der Waals surface area contributed by atoms with Gasteiger partial charge in [-0.25, -0.2) is 0 Å². The Kier molecular flexibility index (Phi) is 5.47. The second-order valence-corrected chi connectivity index (χ2v) is 6.46. The topological polar surface area (TPSA) is 83.2 Å². The molecule has 0 fully saturated rings. The van der Waals surface area contributed by atoms with Crippen LogP contribution in [0.25, 0.3) is 11.5 Å². The minimum absolute atomic E-state index is 0.225. The lowest BCUT2D eigenvalue weighted by Gasteiger charge is -2.12. The molecule has 1 N–H and O–H groups in total. The third-order valence-corrected chi connectivity index (χ3v) is 4.65. The first-order chi connectivity index (χ1) is 14.7. The molecule has 0 aliphatic carbocycles. The van der Waals surface area contributed by atoms with Crippen molar-refractivity contribution in [1.82, 2.24) is 24.9 Å². The number of amides is 1. The second kappa shape index (κ2) is 8.52. The third kappa shape index (κ3) is 3.75. The Bertz CT molecular complexity index is 1140. The van der Waals surface area contributed by atoms with Gasteiger partial charge in [-0.2, -0.15) is 4.68 Å². The monoisotopic (exact) mass is 403 g/mol. The standard InChI is InChI=1S/C22H21N5O3/c1-29-18-11-10-16(19(14-18)30-2)15-23-21(28)20-22(26-12-6-7-13-26)27(25-24-20)17-8-4-3-5-9-17/h3-14H,15H2,1-2H3,(H,23,28). The van der Waals surface area contributed by atoms with Crippen LogP contribution in [0.1, 0.15) is 16.1 Å². The summed E-state index contributed by atoms with van der Waals surface area (Å²) in [6.45, 7) is 0.273. The number of hydrogen-bond donors (Lipinski definition) is 1. The Morgan fingerprint density at radius 1 is 1.00 bits per heavy atom. The van der Waals surface area contributed by atoms with Crippen LogP contribution in [0, 0.1) is 0 Å². The van der Waals surface area contributed by atoms with Gasteiger partial charge in [-0.3, -0.25) is 4.79 Å².